The number of hydrogen-bond acceptors (Lipinski definition) is 4. The molecule has 2 aromatic heterocycles. The SMILES string of the molecule is COC(=O)c1cc2nc(C3CCOC(C)(C)C3)ccn2c1. The lowest BCUT2D eigenvalue weighted by molar-refractivity contribution is -0.0597. The van der Waals surface area contributed by atoms with Crippen molar-refractivity contribution < 1.29 is 14.3 Å². The topological polar surface area (TPSA) is 52.8 Å². The van der Waals surface area contributed by atoms with Crippen LogP contribution in [-0.2, 0) is 9.47 Å². The standard InChI is InChI=1S/C16H20N2O3/c1-16(2)9-11(5-7-21-16)13-4-6-18-10-12(15(19)20-3)8-14(18)17-13/h4,6,8,10-11H,5,7,9H2,1-3H3. The molecule has 0 spiro atoms. The third-order valence-electron chi connectivity index (χ3n) is 4.01. The van der Waals surface area contributed by atoms with Gasteiger partial charge in [0.2, 0.25) is 0 Å². The Morgan fingerprint density at radius 2 is 2.33 bits per heavy atom. The maximum absolute atomic E-state index is 11.6. The summed E-state index contributed by atoms with van der Waals surface area (Å²) in [6, 6.07) is 3.79. The second-order valence-corrected chi connectivity index (χ2v) is 6.14. The van der Waals surface area contributed by atoms with Crippen molar-refractivity contribution in [3.05, 3.63) is 35.8 Å². The summed E-state index contributed by atoms with van der Waals surface area (Å²) in [5.74, 6) is 0.0597. The molecule has 1 aliphatic heterocycles. The molecule has 5 nitrogen and oxygen atoms in total. The van der Waals surface area contributed by atoms with E-state index in [1.54, 1.807) is 12.3 Å². The van der Waals surface area contributed by atoms with Gasteiger partial charge in [0.05, 0.1) is 18.3 Å². The lowest BCUT2D eigenvalue weighted by atomic mass is 9.86. The quantitative estimate of drug-likeness (QED) is 0.797. The number of ether oxygens (including phenoxy) is 2. The van der Waals surface area contributed by atoms with Crippen molar-refractivity contribution in [1.29, 1.82) is 0 Å². The first-order chi connectivity index (χ1) is 9.98. The smallest absolute Gasteiger partial charge is 0.339 e. The molecule has 0 saturated carbocycles. The normalized spacial score (nSPS) is 21.4. The van der Waals surface area contributed by atoms with E-state index in [2.05, 4.69) is 13.8 Å². The number of hydrogen-bond donors (Lipinski definition) is 0. The summed E-state index contributed by atoms with van der Waals surface area (Å²) >= 11 is 0. The molecule has 1 fully saturated rings. The molecule has 1 unspecified atom stereocenters. The zero-order chi connectivity index (χ0) is 15.0. The number of nitrogens with zero attached hydrogens (tertiary/aromatic N) is 2. The molecule has 0 N–H and O–H groups in total. The van der Waals surface area contributed by atoms with Crippen molar-refractivity contribution >= 4 is 11.6 Å². The number of aromatic nitrogens is 2. The van der Waals surface area contributed by atoms with Crippen LogP contribution in [0.1, 0.15) is 48.7 Å². The first kappa shape index (κ1) is 14.1. The molecule has 112 valence electrons. The highest BCUT2D eigenvalue weighted by atomic mass is 16.5. The maximum atomic E-state index is 11.6. The van der Waals surface area contributed by atoms with E-state index in [1.807, 2.05) is 16.7 Å². The van der Waals surface area contributed by atoms with Gasteiger partial charge in [-0.05, 0) is 38.8 Å². The molecule has 0 bridgehead atoms. The first-order valence-electron chi connectivity index (χ1n) is 7.19. The Kier molecular flexibility index (Phi) is 3.45. The number of fused-ring (bicyclic) bond motifs is 1. The third-order valence-corrected chi connectivity index (χ3v) is 4.01. The van der Waals surface area contributed by atoms with Gasteiger partial charge in [0.25, 0.3) is 0 Å². The Morgan fingerprint density at radius 1 is 1.52 bits per heavy atom. The lowest BCUT2D eigenvalue weighted by Gasteiger charge is -2.35. The molecule has 1 aliphatic rings. The average molecular weight is 288 g/mol. The van der Waals surface area contributed by atoms with E-state index < -0.39 is 0 Å². The first-order valence-corrected chi connectivity index (χ1v) is 7.19. The van der Waals surface area contributed by atoms with Crippen LogP contribution in [0.15, 0.2) is 24.5 Å². The van der Waals surface area contributed by atoms with Gasteiger partial charge in [-0.25, -0.2) is 9.78 Å². The van der Waals surface area contributed by atoms with Crippen molar-refractivity contribution in [3.63, 3.8) is 0 Å². The number of rotatable bonds is 2. The van der Waals surface area contributed by atoms with Crippen LogP contribution in [0.4, 0.5) is 0 Å². The summed E-state index contributed by atoms with van der Waals surface area (Å²) in [7, 11) is 1.38. The summed E-state index contributed by atoms with van der Waals surface area (Å²) in [5, 5.41) is 0. The van der Waals surface area contributed by atoms with Gasteiger partial charge >= 0.3 is 5.97 Å². The fourth-order valence-corrected chi connectivity index (χ4v) is 2.94. The minimum absolute atomic E-state index is 0.101. The predicted molar refractivity (Wildman–Crippen MR) is 78.5 cm³/mol. The summed E-state index contributed by atoms with van der Waals surface area (Å²) in [5.41, 5.74) is 2.26. The number of methoxy groups -OCH3 is 1. The van der Waals surface area contributed by atoms with E-state index in [9.17, 15) is 4.79 Å². The zero-order valence-electron chi connectivity index (χ0n) is 12.6. The van der Waals surface area contributed by atoms with Crippen LogP contribution in [0, 0.1) is 0 Å². The summed E-state index contributed by atoms with van der Waals surface area (Å²) in [6.07, 6.45) is 5.64. The van der Waals surface area contributed by atoms with Gasteiger partial charge < -0.3 is 13.9 Å². The molecule has 1 saturated heterocycles. The van der Waals surface area contributed by atoms with Crippen molar-refractivity contribution in [2.24, 2.45) is 0 Å². The van der Waals surface area contributed by atoms with Gasteiger partial charge in [-0.3, -0.25) is 0 Å². The average Bonchev–Trinajstić information content (AvgIpc) is 2.88. The molecule has 0 amide bonds. The van der Waals surface area contributed by atoms with E-state index in [0.29, 0.717) is 11.5 Å². The second kappa shape index (κ2) is 5.15. The maximum Gasteiger partial charge on any atom is 0.339 e. The van der Waals surface area contributed by atoms with Gasteiger partial charge in [0, 0.05) is 30.6 Å². The molecule has 3 rings (SSSR count). The van der Waals surface area contributed by atoms with Crippen LogP contribution in [0.2, 0.25) is 0 Å². The Hall–Kier alpha value is -1.88. The van der Waals surface area contributed by atoms with Crippen LogP contribution < -0.4 is 0 Å². The van der Waals surface area contributed by atoms with Gasteiger partial charge in [-0.2, -0.15) is 0 Å². The van der Waals surface area contributed by atoms with E-state index in [-0.39, 0.29) is 11.6 Å². The molecule has 2 aromatic rings. The number of carbonyl (C=O) groups excluding carboxylic acids is 1. The highest BCUT2D eigenvalue weighted by Gasteiger charge is 2.30. The Bertz CT molecular complexity index is 675. The largest absolute Gasteiger partial charge is 0.465 e. The lowest BCUT2D eigenvalue weighted by Crippen LogP contribution is -2.33. The van der Waals surface area contributed by atoms with Crippen LogP contribution in [0.25, 0.3) is 5.65 Å². The Labute approximate surface area is 123 Å². The van der Waals surface area contributed by atoms with Crippen LogP contribution in [0.3, 0.4) is 0 Å². The van der Waals surface area contributed by atoms with E-state index in [0.717, 1.165) is 30.8 Å². The number of esters is 1. The molecule has 0 radical (unpaired) electrons. The molecular weight excluding hydrogens is 268 g/mol. The third kappa shape index (κ3) is 2.78. The van der Waals surface area contributed by atoms with Crippen LogP contribution in [-0.4, -0.2) is 34.7 Å². The minimum atomic E-state index is -0.339. The fourth-order valence-electron chi connectivity index (χ4n) is 2.94. The van der Waals surface area contributed by atoms with Crippen molar-refractivity contribution in [1.82, 2.24) is 9.38 Å². The van der Waals surface area contributed by atoms with Gasteiger partial charge in [0.15, 0.2) is 0 Å². The zero-order valence-corrected chi connectivity index (χ0v) is 12.6. The Morgan fingerprint density at radius 3 is 3.05 bits per heavy atom. The summed E-state index contributed by atoms with van der Waals surface area (Å²) < 4.78 is 12.4. The van der Waals surface area contributed by atoms with Gasteiger partial charge in [-0.1, -0.05) is 0 Å². The molecule has 0 aromatic carbocycles. The summed E-state index contributed by atoms with van der Waals surface area (Å²) in [6.45, 7) is 4.99. The molecule has 1 atom stereocenters. The highest BCUT2D eigenvalue weighted by Crippen LogP contribution is 2.34. The van der Waals surface area contributed by atoms with E-state index in [1.165, 1.54) is 7.11 Å². The van der Waals surface area contributed by atoms with Crippen LogP contribution in [0.5, 0.6) is 0 Å². The molecular formula is C16H20N2O3. The molecule has 3 heterocycles. The summed E-state index contributed by atoms with van der Waals surface area (Å²) in [4.78, 5) is 16.3. The second-order valence-electron chi connectivity index (χ2n) is 6.14. The molecule has 21 heavy (non-hydrogen) atoms. The van der Waals surface area contributed by atoms with Gasteiger partial charge in [-0.15, -0.1) is 0 Å². The highest BCUT2D eigenvalue weighted by molar-refractivity contribution is 5.90. The van der Waals surface area contributed by atoms with E-state index >= 15 is 0 Å². The fraction of sp³-hybridized carbons (Fsp3) is 0.500. The minimum Gasteiger partial charge on any atom is -0.465 e. The predicted octanol–water partition coefficient (Wildman–Crippen LogP) is 2.79. The van der Waals surface area contributed by atoms with Crippen LogP contribution >= 0.6 is 0 Å². The van der Waals surface area contributed by atoms with Crippen molar-refractivity contribution in [2.75, 3.05) is 13.7 Å². The number of carbonyl (C=O) groups is 1. The molecule has 5 heteroatoms. The van der Waals surface area contributed by atoms with E-state index in [4.69, 9.17) is 14.5 Å². The molecule has 0 aliphatic carbocycles. The van der Waals surface area contributed by atoms with Crippen molar-refractivity contribution in [3.8, 4) is 0 Å². The monoisotopic (exact) mass is 288 g/mol. The van der Waals surface area contributed by atoms with Gasteiger partial charge in [0.1, 0.15) is 5.65 Å². The Balaban J connectivity index is 1.92. The van der Waals surface area contributed by atoms with Crippen molar-refractivity contribution in [2.45, 2.75) is 38.2 Å².